The summed E-state index contributed by atoms with van der Waals surface area (Å²) in [6, 6.07) is 7.37. The van der Waals surface area contributed by atoms with Crippen molar-refractivity contribution in [3.63, 3.8) is 0 Å². The number of hydrogen-bond acceptors (Lipinski definition) is 4. The van der Waals surface area contributed by atoms with Gasteiger partial charge in [-0.1, -0.05) is 12.1 Å². The lowest BCUT2D eigenvalue weighted by atomic mass is 10.1. The van der Waals surface area contributed by atoms with E-state index in [1.807, 2.05) is 45.0 Å². The van der Waals surface area contributed by atoms with E-state index >= 15 is 0 Å². The number of aromatic nitrogens is 3. The third-order valence-electron chi connectivity index (χ3n) is 3.34. The van der Waals surface area contributed by atoms with Crippen molar-refractivity contribution in [2.24, 2.45) is 0 Å². The lowest BCUT2D eigenvalue weighted by molar-refractivity contribution is 0.0691. The molecule has 2 aromatic rings. The number of nitrogens with zero attached hydrogens (tertiary/aromatic N) is 3. The van der Waals surface area contributed by atoms with Gasteiger partial charge in [-0.2, -0.15) is 0 Å². The van der Waals surface area contributed by atoms with E-state index < -0.39 is 5.97 Å². The summed E-state index contributed by atoms with van der Waals surface area (Å²) in [6.45, 7) is 6.51. The summed E-state index contributed by atoms with van der Waals surface area (Å²) < 4.78 is 7.07. The zero-order chi connectivity index (χ0) is 15.4. The fourth-order valence-electron chi connectivity index (χ4n) is 2.06. The standard InChI is InChI=1S/C15H19N3O3/c1-4-10(3)18-14(13(15(19)20)16-17-18)11-6-8-12(9-7-11)21-5-2/h6-10H,4-5H2,1-3H3,(H,19,20). The van der Waals surface area contributed by atoms with Crippen LogP contribution in [0.2, 0.25) is 0 Å². The van der Waals surface area contributed by atoms with Crippen molar-refractivity contribution >= 4 is 5.97 Å². The minimum absolute atomic E-state index is 0.0283. The highest BCUT2D eigenvalue weighted by Crippen LogP contribution is 2.27. The van der Waals surface area contributed by atoms with E-state index in [1.165, 1.54) is 0 Å². The van der Waals surface area contributed by atoms with E-state index in [1.54, 1.807) is 4.68 Å². The molecule has 1 atom stereocenters. The molecule has 0 aliphatic heterocycles. The Morgan fingerprint density at radius 3 is 2.52 bits per heavy atom. The largest absolute Gasteiger partial charge is 0.494 e. The minimum Gasteiger partial charge on any atom is -0.494 e. The van der Waals surface area contributed by atoms with Crippen LogP contribution in [-0.2, 0) is 0 Å². The van der Waals surface area contributed by atoms with E-state index in [0.717, 1.165) is 17.7 Å². The highest BCUT2D eigenvalue weighted by Gasteiger charge is 2.22. The van der Waals surface area contributed by atoms with Crippen LogP contribution in [0.15, 0.2) is 24.3 Å². The van der Waals surface area contributed by atoms with Crippen LogP contribution in [0, 0.1) is 0 Å². The summed E-state index contributed by atoms with van der Waals surface area (Å²) in [5, 5.41) is 17.1. The van der Waals surface area contributed by atoms with Crippen LogP contribution in [0.1, 0.15) is 43.7 Å². The van der Waals surface area contributed by atoms with Crippen molar-refractivity contribution in [1.29, 1.82) is 0 Å². The van der Waals surface area contributed by atoms with Gasteiger partial charge in [0.25, 0.3) is 0 Å². The molecule has 0 radical (unpaired) electrons. The van der Waals surface area contributed by atoms with Crippen molar-refractivity contribution in [2.45, 2.75) is 33.2 Å². The van der Waals surface area contributed by atoms with Crippen LogP contribution in [0.3, 0.4) is 0 Å². The molecular weight excluding hydrogens is 270 g/mol. The Kier molecular flexibility index (Phi) is 4.57. The SMILES string of the molecule is CCOc1ccc(-c2c(C(=O)O)nnn2C(C)CC)cc1. The maximum atomic E-state index is 11.3. The second kappa shape index (κ2) is 6.39. The topological polar surface area (TPSA) is 77.2 Å². The third-order valence-corrected chi connectivity index (χ3v) is 3.34. The van der Waals surface area contributed by atoms with Crippen LogP contribution in [0.5, 0.6) is 5.75 Å². The molecule has 112 valence electrons. The maximum absolute atomic E-state index is 11.3. The Hall–Kier alpha value is -2.37. The van der Waals surface area contributed by atoms with Gasteiger partial charge in [0, 0.05) is 5.56 Å². The highest BCUT2D eigenvalue weighted by atomic mass is 16.5. The fourth-order valence-corrected chi connectivity index (χ4v) is 2.06. The molecule has 1 N–H and O–H groups in total. The molecule has 1 unspecified atom stereocenters. The molecule has 21 heavy (non-hydrogen) atoms. The molecule has 0 spiro atoms. The summed E-state index contributed by atoms with van der Waals surface area (Å²) in [5.41, 5.74) is 1.26. The monoisotopic (exact) mass is 289 g/mol. The van der Waals surface area contributed by atoms with Crippen LogP contribution in [-0.4, -0.2) is 32.7 Å². The molecule has 0 aliphatic carbocycles. The first-order valence-electron chi connectivity index (χ1n) is 7.00. The quantitative estimate of drug-likeness (QED) is 0.884. The molecule has 0 saturated carbocycles. The van der Waals surface area contributed by atoms with Gasteiger partial charge in [-0.15, -0.1) is 5.10 Å². The molecule has 0 amide bonds. The molecule has 0 aliphatic rings. The van der Waals surface area contributed by atoms with E-state index in [9.17, 15) is 9.90 Å². The van der Waals surface area contributed by atoms with Crippen molar-refractivity contribution in [3.05, 3.63) is 30.0 Å². The Morgan fingerprint density at radius 1 is 1.33 bits per heavy atom. The predicted molar refractivity (Wildman–Crippen MR) is 78.6 cm³/mol. The fraction of sp³-hybridized carbons (Fsp3) is 0.400. The maximum Gasteiger partial charge on any atom is 0.358 e. The lowest BCUT2D eigenvalue weighted by Crippen LogP contribution is -2.09. The summed E-state index contributed by atoms with van der Waals surface area (Å²) in [5.74, 6) is -0.325. The van der Waals surface area contributed by atoms with Gasteiger partial charge >= 0.3 is 5.97 Å². The highest BCUT2D eigenvalue weighted by molar-refractivity contribution is 5.92. The number of hydrogen-bond donors (Lipinski definition) is 1. The van der Waals surface area contributed by atoms with E-state index in [-0.39, 0.29) is 11.7 Å². The Labute approximate surface area is 123 Å². The van der Waals surface area contributed by atoms with Gasteiger partial charge in [-0.3, -0.25) is 0 Å². The number of aromatic carboxylic acids is 1. The summed E-state index contributed by atoms with van der Waals surface area (Å²) in [6.07, 6.45) is 0.840. The summed E-state index contributed by atoms with van der Waals surface area (Å²) in [4.78, 5) is 11.3. The van der Waals surface area contributed by atoms with Crippen LogP contribution in [0.25, 0.3) is 11.3 Å². The minimum atomic E-state index is -1.08. The Morgan fingerprint density at radius 2 is 2.00 bits per heavy atom. The molecular formula is C15H19N3O3. The first-order valence-corrected chi connectivity index (χ1v) is 7.00. The van der Waals surface area contributed by atoms with Gasteiger partial charge in [-0.05, 0) is 44.5 Å². The number of benzene rings is 1. The van der Waals surface area contributed by atoms with Crippen molar-refractivity contribution in [1.82, 2.24) is 15.0 Å². The number of carboxylic acid groups (broad SMARTS) is 1. The van der Waals surface area contributed by atoms with Gasteiger partial charge in [0.2, 0.25) is 0 Å². The molecule has 1 aromatic carbocycles. The van der Waals surface area contributed by atoms with E-state index in [2.05, 4.69) is 10.3 Å². The lowest BCUT2D eigenvalue weighted by Gasteiger charge is -2.13. The zero-order valence-electron chi connectivity index (χ0n) is 12.4. The number of carboxylic acids is 1. The average Bonchev–Trinajstić information content (AvgIpc) is 2.92. The van der Waals surface area contributed by atoms with Crippen LogP contribution in [0.4, 0.5) is 0 Å². The van der Waals surface area contributed by atoms with Crippen molar-refractivity contribution < 1.29 is 14.6 Å². The van der Waals surface area contributed by atoms with Gasteiger partial charge in [-0.25, -0.2) is 9.48 Å². The molecule has 0 fully saturated rings. The van der Waals surface area contributed by atoms with Crippen LogP contribution >= 0.6 is 0 Å². The van der Waals surface area contributed by atoms with Gasteiger partial charge in [0.05, 0.1) is 12.6 Å². The normalized spacial score (nSPS) is 12.1. The van der Waals surface area contributed by atoms with Crippen molar-refractivity contribution in [2.75, 3.05) is 6.61 Å². The first kappa shape index (κ1) is 15.0. The van der Waals surface area contributed by atoms with Crippen molar-refractivity contribution in [3.8, 4) is 17.0 Å². The number of carbonyl (C=O) groups is 1. The number of ether oxygens (including phenoxy) is 1. The second-order valence-electron chi connectivity index (χ2n) is 4.75. The van der Waals surface area contributed by atoms with E-state index in [4.69, 9.17) is 4.74 Å². The summed E-state index contributed by atoms with van der Waals surface area (Å²) >= 11 is 0. The first-order chi connectivity index (χ1) is 10.1. The molecule has 6 nitrogen and oxygen atoms in total. The van der Waals surface area contributed by atoms with E-state index in [0.29, 0.717) is 12.3 Å². The number of rotatable bonds is 6. The molecule has 6 heteroatoms. The smallest absolute Gasteiger partial charge is 0.358 e. The molecule has 0 bridgehead atoms. The molecule has 2 rings (SSSR count). The van der Waals surface area contributed by atoms with Gasteiger partial charge in [0.15, 0.2) is 5.69 Å². The molecule has 0 saturated heterocycles. The van der Waals surface area contributed by atoms with Gasteiger partial charge in [0.1, 0.15) is 11.4 Å². The predicted octanol–water partition coefficient (Wildman–Crippen LogP) is 3.01. The second-order valence-corrected chi connectivity index (χ2v) is 4.75. The third kappa shape index (κ3) is 3.04. The Bertz CT molecular complexity index is 620. The summed E-state index contributed by atoms with van der Waals surface area (Å²) in [7, 11) is 0. The Balaban J connectivity index is 2.49. The molecule has 1 aromatic heterocycles. The average molecular weight is 289 g/mol. The zero-order valence-corrected chi connectivity index (χ0v) is 12.4. The van der Waals surface area contributed by atoms with Crippen LogP contribution < -0.4 is 4.74 Å². The van der Waals surface area contributed by atoms with Gasteiger partial charge < -0.3 is 9.84 Å². The molecule has 1 heterocycles.